The number of carbonyl (C=O) groups is 3. The van der Waals surface area contributed by atoms with Crippen molar-refractivity contribution in [3.05, 3.63) is 29.3 Å². The van der Waals surface area contributed by atoms with Gasteiger partial charge in [0.05, 0.1) is 18.0 Å². The standard InChI is InChI=1S/C24H30F4N4O4/c25-23(7-12-32(14-23)22(29)36)21(35)31-10-3-15(4-11-31)18-2-1-17(24(26,27)28)13-19(18)30-8-5-16(6-9-30)20(33)34/h1-2,13,15-16H,3-12,14H2,(H2,29,36)(H,33,34)/t23-/m1/s1. The SMILES string of the molecule is NC(=O)N1CC[C@](F)(C(=O)N2CCC(c3ccc(C(F)(F)F)cc3N3CCC(C(=O)O)CC3)CC2)C1. The zero-order valence-electron chi connectivity index (χ0n) is 19.8. The van der Waals surface area contributed by atoms with Crippen LogP contribution in [0.4, 0.5) is 28.0 Å². The largest absolute Gasteiger partial charge is 0.481 e. The van der Waals surface area contributed by atoms with E-state index in [2.05, 4.69) is 0 Å². The van der Waals surface area contributed by atoms with E-state index < -0.39 is 41.2 Å². The summed E-state index contributed by atoms with van der Waals surface area (Å²) in [6, 6.07) is 2.88. The number of carboxylic acids is 1. The highest BCUT2D eigenvalue weighted by Crippen LogP contribution is 2.41. The Morgan fingerprint density at radius 2 is 1.61 bits per heavy atom. The molecule has 4 rings (SSSR count). The summed E-state index contributed by atoms with van der Waals surface area (Å²) < 4.78 is 55.7. The fourth-order valence-electron chi connectivity index (χ4n) is 5.52. The summed E-state index contributed by atoms with van der Waals surface area (Å²) in [6.07, 6.45) is -3.05. The van der Waals surface area contributed by atoms with Crippen molar-refractivity contribution in [1.82, 2.24) is 9.80 Å². The summed E-state index contributed by atoms with van der Waals surface area (Å²) in [5, 5.41) is 9.26. The minimum Gasteiger partial charge on any atom is -0.481 e. The van der Waals surface area contributed by atoms with Gasteiger partial charge in [-0.05, 0) is 49.3 Å². The van der Waals surface area contributed by atoms with E-state index in [0.717, 1.165) is 22.6 Å². The lowest BCUT2D eigenvalue weighted by molar-refractivity contribution is -0.144. The third-order valence-corrected chi connectivity index (χ3v) is 7.68. The Morgan fingerprint density at radius 1 is 0.972 bits per heavy atom. The summed E-state index contributed by atoms with van der Waals surface area (Å²) in [5.41, 5.74) is 3.41. The molecule has 3 heterocycles. The number of carbonyl (C=O) groups excluding carboxylic acids is 2. The van der Waals surface area contributed by atoms with E-state index >= 15 is 4.39 Å². The number of benzene rings is 1. The number of alkyl halides is 4. The number of halogens is 4. The molecule has 0 aromatic heterocycles. The third kappa shape index (κ3) is 5.22. The molecule has 3 aliphatic rings. The van der Waals surface area contributed by atoms with Gasteiger partial charge in [-0.2, -0.15) is 13.2 Å². The van der Waals surface area contributed by atoms with Crippen molar-refractivity contribution in [2.45, 2.75) is 49.9 Å². The highest BCUT2D eigenvalue weighted by molar-refractivity contribution is 5.87. The first-order chi connectivity index (χ1) is 16.9. The van der Waals surface area contributed by atoms with E-state index in [1.165, 1.54) is 11.0 Å². The van der Waals surface area contributed by atoms with E-state index in [4.69, 9.17) is 5.73 Å². The second-order valence-electron chi connectivity index (χ2n) is 9.91. The van der Waals surface area contributed by atoms with Gasteiger partial charge in [-0.1, -0.05) is 6.07 Å². The number of carboxylic acid groups (broad SMARTS) is 1. The Hall–Kier alpha value is -3.05. The van der Waals surface area contributed by atoms with Crippen LogP contribution < -0.4 is 10.6 Å². The molecule has 0 bridgehead atoms. The van der Waals surface area contributed by atoms with Gasteiger partial charge in [-0.15, -0.1) is 0 Å². The van der Waals surface area contributed by atoms with Crippen LogP contribution in [0.25, 0.3) is 0 Å². The molecular formula is C24H30F4N4O4. The second-order valence-corrected chi connectivity index (χ2v) is 9.91. The van der Waals surface area contributed by atoms with E-state index in [-0.39, 0.29) is 38.5 Å². The lowest BCUT2D eigenvalue weighted by Crippen LogP contribution is -2.51. The van der Waals surface area contributed by atoms with Crippen LogP contribution in [0, 0.1) is 5.92 Å². The number of anilines is 1. The number of hydrogen-bond donors (Lipinski definition) is 2. The molecule has 1 aromatic rings. The first-order valence-electron chi connectivity index (χ1n) is 12.1. The number of nitrogens with zero attached hydrogens (tertiary/aromatic N) is 3. The summed E-state index contributed by atoms with van der Waals surface area (Å²) in [6.45, 7) is 0.852. The van der Waals surface area contributed by atoms with Gasteiger partial charge in [-0.3, -0.25) is 9.59 Å². The van der Waals surface area contributed by atoms with Gasteiger partial charge >= 0.3 is 18.2 Å². The number of hydrogen-bond acceptors (Lipinski definition) is 4. The Morgan fingerprint density at radius 3 is 2.14 bits per heavy atom. The molecular weight excluding hydrogens is 484 g/mol. The molecule has 1 aromatic carbocycles. The van der Waals surface area contributed by atoms with E-state index in [1.807, 2.05) is 4.90 Å². The molecule has 0 unspecified atom stereocenters. The van der Waals surface area contributed by atoms with Crippen LogP contribution in [-0.4, -0.2) is 77.8 Å². The quantitative estimate of drug-likeness (QED) is 0.601. The molecule has 3 aliphatic heterocycles. The summed E-state index contributed by atoms with van der Waals surface area (Å²) in [7, 11) is 0. The molecule has 0 radical (unpaired) electrons. The van der Waals surface area contributed by atoms with E-state index in [1.54, 1.807) is 0 Å². The van der Waals surface area contributed by atoms with Crippen molar-refractivity contribution >= 4 is 23.6 Å². The van der Waals surface area contributed by atoms with Gasteiger partial charge in [0.25, 0.3) is 5.91 Å². The Bertz CT molecular complexity index is 1020. The van der Waals surface area contributed by atoms with Crippen LogP contribution in [0.3, 0.4) is 0 Å². The maximum Gasteiger partial charge on any atom is 0.416 e. The minimum atomic E-state index is -4.52. The van der Waals surface area contributed by atoms with Gasteiger partial charge in [0.15, 0.2) is 0 Å². The second kappa shape index (κ2) is 9.78. The molecule has 12 heteroatoms. The lowest BCUT2D eigenvalue weighted by atomic mass is 9.86. The molecule has 1 atom stereocenters. The third-order valence-electron chi connectivity index (χ3n) is 7.68. The Kier molecular flexibility index (Phi) is 7.07. The van der Waals surface area contributed by atoms with Crippen molar-refractivity contribution in [2.24, 2.45) is 11.7 Å². The highest BCUT2D eigenvalue weighted by Gasteiger charge is 2.49. The van der Waals surface area contributed by atoms with Gasteiger partial charge < -0.3 is 25.5 Å². The van der Waals surface area contributed by atoms with Gasteiger partial charge in [0.2, 0.25) is 5.67 Å². The molecule has 3 N–H and O–H groups in total. The number of nitrogens with two attached hydrogens (primary N) is 1. The lowest BCUT2D eigenvalue weighted by Gasteiger charge is -2.38. The zero-order valence-corrected chi connectivity index (χ0v) is 19.8. The van der Waals surface area contributed by atoms with Crippen LogP contribution in [0.2, 0.25) is 0 Å². The van der Waals surface area contributed by atoms with Crippen LogP contribution >= 0.6 is 0 Å². The molecule has 0 spiro atoms. The van der Waals surface area contributed by atoms with Crippen LogP contribution in [0.15, 0.2) is 18.2 Å². The maximum absolute atomic E-state index is 15.3. The average molecular weight is 515 g/mol. The van der Waals surface area contributed by atoms with Crippen LogP contribution in [0.5, 0.6) is 0 Å². The van der Waals surface area contributed by atoms with Crippen molar-refractivity contribution in [1.29, 1.82) is 0 Å². The van der Waals surface area contributed by atoms with Crippen molar-refractivity contribution in [2.75, 3.05) is 44.2 Å². The minimum absolute atomic E-state index is 0.0710. The molecule has 0 saturated carbocycles. The Labute approximate surface area is 206 Å². The predicted molar refractivity (Wildman–Crippen MR) is 122 cm³/mol. The number of aliphatic carboxylic acids is 1. The molecule has 36 heavy (non-hydrogen) atoms. The molecule has 198 valence electrons. The molecule has 3 amide bonds. The summed E-state index contributed by atoms with van der Waals surface area (Å²) in [5.74, 6) is -2.24. The van der Waals surface area contributed by atoms with Gasteiger partial charge in [0.1, 0.15) is 0 Å². The normalized spacial score (nSPS) is 24.3. The monoisotopic (exact) mass is 514 g/mol. The average Bonchev–Trinajstić information content (AvgIpc) is 3.26. The molecule has 3 saturated heterocycles. The number of amides is 3. The molecule has 8 nitrogen and oxygen atoms in total. The van der Waals surface area contributed by atoms with Crippen LogP contribution in [-0.2, 0) is 15.8 Å². The van der Waals surface area contributed by atoms with E-state index in [0.29, 0.717) is 44.5 Å². The molecule has 0 aliphatic carbocycles. The Balaban J connectivity index is 1.48. The topological polar surface area (TPSA) is 107 Å². The smallest absolute Gasteiger partial charge is 0.416 e. The van der Waals surface area contributed by atoms with Gasteiger partial charge in [-0.25, -0.2) is 9.18 Å². The first-order valence-corrected chi connectivity index (χ1v) is 12.1. The summed E-state index contributed by atoms with van der Waals surface area (Å²) >= 11 is 0. The number of rotatable bonds is 4. The van der Waals surface area contributed by atoms with Gasteiger partial charge in [0, 0.05) is 44.8 Å². The van der Waals surface area contributed by atoms with Crippen molar-refractivity contribution in [3.8, 4) is 0 Å². The summed E-state index contributed by atoms with van der Waals surface area (Å²) in [4.78, 5) is 39.9. The number of piperidine rings is 2. The number of urea groups is 1. The maximum atomic E-state index is 15.3. The predicted octanol–water partition coefficient (Wildman–Crippen LogP) is 3.21. The zero-order chi connectivity index (χ0) is 26.3. The van der Waals surface area contributed by atoms with Crippen LogP contribution in [0.1, 0.15) is 49.1 Å². The first kappa shape index (κ1) is 26.0. The fraction of sp³-hybridized carbons (Fsp3) is 0.625. The fourth-order valence-corrected chi connectivity index (χ4v) is 5.52. The number of likely N-dealkylation sites (tertiary alicyclic amines) is 2. The highest BCUT2D eigenvalue weighted by atomic mass is 19.4. The molecule has 3 fully saturated rings. The van der Waals surface area contributed by atoms with E-state index in [9.17, 15) is 32.7 Å². The van der Waals surface area contributed by atoms with Crippen molar-refractivity contribution < 1.29 is 37.1 Å². The number of primary amides is 1. The van der Waals surface area contributed by atoms with Crippen molar-refractivity contribution in [3.63, 3.8) is 0 Å².